The fourth-order valence-electron chi connectivity index (χ4n) is 1.12. The second-order valence-electron chi connectivity index (χ2n) is 3.74. The number of aromatic nitrogens is 1. The molecule has 15 heavy (non-hydrogen) atoms. The van der Waals surface area contributed by atoms with Crippen LogP contribution in [0, 0.1) is 11.3 Å². The van der Waals surface area contributed by atoms with E-state index in [2.05, 4.69) is 10.3 Å². The average molecular weight is 205 g/mol. The van der Waals surface area contributed by atoms with Gasteiger partial charge in [-0.1, -0.05) is 6.92 Å². The quantitative estimate of drug-likeness (QED) is 0.782. The number of hydrogen-bond acceptors (Lipinski definition) is 4. The number of anilines is 1. The van der Waals surface area contributed by atoms with Gasteiger partial charge < -0.3 is 10.4 Å². The highest BCUT2D eigenvalue weighted by atomic mass is 16.3. The summed E-state index contributed by atoms with van der Waals surface area (Å²) in [7, 11) is 0. The number of nitrogens with one attached hydrogen (secondary N) is 1. The Labute approximate surface area is 89.6 Å². The third-order valence-electron chi connectivity index (χ3n) is 2.45. The molecule has 0 bridgehead atoms. The Balaban J connectivity index is 2.77. The van der Waals surface area contributed by atoms with Crippen molar-refractivity contribution in [1.82, 2.24) is 4.98 Å². The molecule has 0 fully saturated rings. The monoisotopic (exact) mass is 205 g/mol. The van der Waals surface area contributed by atoms with Gasteiger partial charge in [0, 0.05) is 0 Å². The molecule has 1 unspecified atom stereocenters. The highest BCUT2D eigenvalue weighted by molar-refractivity contribution is 5.44. The van der Waals surface area contributed by atoms with Gasteiger partial charge in [0.15, 0.2) is 0 Å². The topological polar surface area (TPSA) is 68.9 Å². The summed E-state index contributed by atoms with van der Waals surface area (Å²) in [5, 5.41) is 21.0. The van der Waals surface area contributed by atoms with Crippen LogP contribution in [0.25, 0.3) is 0 Å². The third kappa shape index (κ3) is 2.93. The summed E-state index contributed by atoms with van der Waals surface area (Å²) in [6.45, 7) is 4.00. The lowest BCUT2D eigenvalue weighted by Crippen LogP contribution is -2.37. The molecule has 0 aliphatic heterocycles. The van der Waals surface area contributed by atoms with Crippen LogP contribution in [0.4, 0.5) is 5.69 Å². The van der Waals surface area contributed by atoms with Crippen molar-refractivity contribution in [3.8, 4) is 6.07 Å². The molecule has 0 amide bonds. The zero-order valence-electron chi connectivity index (χ0n) is 8.99. The molecule has 1 aromatic heterocycles. The van der Waals surface area contributed by atoms with E-state index >= 15 is 0 Å². The standard InChI is InChI=1S/C11H15N3O/c1-3-11(2,8-15)14-10-5-4-9(6-12)13-7-10/h4-5,7,14-15H,3,8H2,1-2H3. The van der Waals surface area contributed by atoms with Crippen LogP contribution in [0.1, 0.15) is 26.0 Å². The molecule has 0 spiro atoms. The minimum absolute atomic E-state index is 0.0590. The highest BCUT2D eigenvalue weighted by Gasteiger charge is 2.20. The van der Waals surface area contributed by atoms with Crippen LogP contribution in [0.15, 0.2) is 18.3 Å². The summed E-state index contributed by atoms with van der Waals surface area (Å²) in [5.41, 5.74) is 0.866. The summed E-state index contributed by atoms with van der Waals surface area (Å²) in [4.78, 5) is 3.94. The Morgan fingerprint density at radius 3 is 2.73 bits per heavy atom. The Morgan fingerprint density at radius 2 is 2.33 bits per heavy atom. The van der Waals surface area contributed by atoms with Crippen molar-refractivity contribution in [1.29, 1.82) is 5.26 Å². The van der Waals surface area contributed by atoms with E-state index in [4.69, 9.17) is 5.26 Å². The largest absolute Gasteiger partial charge is 0.394 e. The van der Waals surface area contributed by atoms with Gasteiger partial charge in [0.1, 0.15) is 11.8 Å². The lowest BCUT2D eigenvalue weighted by Gasteiger charge is -2.28. The van der Waals surface area contributed by atoms with E-state index in [1.165, 1.54) is 0 Å². The Kier molecular flexibility index (Phi) is 3.64. The van der Waals surface area contributed by atoms with E-state index in [0.717, 1.165) is 12.1 Å². The smallest absolute Gasteiger partial charge is 0.140 e. The predicted molar refractivity (Wildman–Crippen MR) is 58.4 cm³/mol. The molecule has 0 aromatic carbocycles. The fourth-order valence-corrected chi connectivity index (χ4v) is 1.12. The summed E-state index contributed by atoms with van der Waals surface area (Å²) in [6, 6.07) is 5.39. The van der Waals surface area contributed by atoms with Gasteiger partial charge in [0.25, 0.3) is 0 Å². The van der Waals surface area contributed by atoms with Gasteiger partial charge in [0.2, 0.25) is 0 Å². The zero-order valence-corrected chi connectivity index (χ0v) is 8.99. The summed E-state index contributed by atoms with van der Waals surface area (Å²) >= 11 is 0. The minimum atomic E-state index is -0.337. The molecule has 80 valence electrons. The van der Waals surface area contributed by atoms with Crippen molar-refractivity contribution in [3.05, 3.63) is 24.0 Å². The molecule has 1 aromatic rings. The van der Waals surface area contributed by atoms with Crippen LogP contribution in [-0.4, -0.2) is 22.2 Å². The maximum atomic E-state index is 9.21. The number of pyridine rings is 1. The number of nitriles is 1. The molecule has 0 aliphatic carbocycles. The van der Waals surface area contributed by atoms with Gasteiger partial charge >= 0.3 is 0 Å². The zero-order chi connectivity index (χ0) is 11.3. The van der Waals surface area contributed by atoms with Gasteiger partial charge in [-0.2, -0.15) is 5.26 Å². The van der Waals surface area contributed by atoms with E-state index in [-0.39, 0.29) is 12.1 Å². The van der Waals surface area contributed by atoms with E-state index < -0.39 is 0 Å². The molecule has 2 N–H and O–H groups in total. The summed E-state index contributed by atoms with van der Waals surface area (Å²) in [5.74, 6) is 0. The first-order chi connectivity index (χ1) is 7.13. The van der Waals surface area contributed by atoms with E-state index in [1.54, 1.807) is 18.3 Å². The maximum absolute atomic E-state index is 9.21. The molecule has 1 heterocycles. The van der Waals surface area contributed by atoms with Crippen LogP contribution in [-0.2, 0) is 0 Å². The third-order valence-corrected chi connectivity index (χ3v) is 2.45. The van der Waals surface area contributed by atoms with Crippen LogP contribution in [0.5, 0.6) is 0 Å². The van der Waals surface area contributed by atoms with Crippen LogP contribution in [0.3, 0.4) is 0 Å². The Hall–Kier alpha value is -1.60. The number of rotatable bonds is 4. The molecule has 0 saturated heterocycles. The first kappa shape index (κ1) is 11.5. The first-order valence-corrected chi connectivity index (χ1v) is 4.89. The molecule has 4 nitrogen and oxygen atoms in total. The summed E-state index contributed by atoms with van der Waals surface area (Å²) in [6.07, 6.45) is 2.41. The molecular weight excluding hydrogens is 190 g/mol. The van der Waals surface area contributed by atoms with Crippen molar-refractivity contribution in [2.75, 3.05) is 11.9 Å². The van der Waals surface area contributed by atoms with Crippen molar-refractivity contribution in [2.45, 2.75) is 25.8 Å². The number of aliphatic hydroxyl groups is 1. The van der Waals surface area contributed by atoms with Gasteiger partial charge in [0.05, 0.1) is 24.0 Å². The van der Waals surface area contributed by atoms with Crippen LogP contribution in [0.2, 0.25) is 0 Å². The Morgan fingerprint density at radius 1 is 1.60 bits per heavy atom. The van der Waals surface area contributed by atoms with E-state index in [1.807, 2.05) is 19.9 Å². The lowest BCUT2D eigenvalue weighted by molar-refractivity contribution is 0.219. The normalized spacial score (nSPS) is 14.0. The molecule has 0 radical (unpaired) electrons. The number of aliphatic hydroxyl groups excluding tert-OH is 1. The van der Waals surface area contributed by atoms with Gasteiger partial charge in [-0.25, -0.2) is 4.98 Å². The molecule has 1 atom stereocenters. The molecule has 4 heteroatoms. The van der Waals surface area contributed by atoms with E-state index in [9.17, 15) is 5.11 Å². The van der Waals surface area contributed by atoms with Gasteiger partial charge in [-0.3, -0.25) is 0 Å². The van der Waals surface area contributed by atoms with Gasteiger partial charge in [-0.05, 0) is 25.5 Å². The highest BCUT2D eigenvalue weighted by Crippen LogP contribution is 2.17. The van der Waals surface area contributed by atoms with Crippen molar-refractivity contribution < 1.29 is 5.11 Å². The first-order valence-electron chi connectivity index (χ1n) is 4.89. The van der Waals surface area contributed by atoms with Gasteiger partial charge in [-0.15, -0.1) is 0 Å². The van der Waals surface area contributed by atoms with Crippen molar-refractivity contribution in [3.63, 3.8) is 0 Å². The second-order valence-corrected chi connectivity index (χ2v) is 3.74. The summed E-state index contributed by atoms with van der Waals surface area (Å²) < 4.78 is 0. The van der Waals surface area contributed by atoms with Crippen LogP contribution >= 0.6 is 0 Å². The SMILES string of the molecule is CCC(C)(CO)Nc1ccc(C#N)nc1. The minimum Gasteiger partial charge on any atom is -0.394 e. The lowest BCUT2D eigenvalue weighted by atomic mass is 10.00. The number of hydrogen-bond donors (Lipinski definition) is 2. The second kappa shape index (κ2) is 4.76. The van der Waals surface area contributed by atoms with E-state index in [0.29, 0.717) is 5.69 Å². The molecule has 0 saturated carbocycles. The Bertz CT molecular complexity index is 349. The predicted octanol–water partition coefficient (Wildman–Crippen LogP) is 1.53. The van der Waals surface area contributed by atoms with Crippen LogP contribution < -0.4 is 5.32 Å². The maximum Gasteiger partial charge on any atom is 0.140 e. The fraction of sp³-hybridized carbons (Fsp3) is 0.455. The average Bonchev–Trinajstić information content (AvgIpc) is 2.30. The molecular formula is C11H15N3O. The molecule has 0 aliphatic rings. The van der Waals surface area contributed by atoms with Crippen molar-refractivity contribution in [2.24, 2.45) is 0 Å². The number of nitrogens with zero attached hydrogens (tertiary/aromatic N) is 2. The molecule has 1 rings (SSSR count). The van der Waals surface area contributed by atoms with Crippen molar-refractivity contribution >= 4 is 5.69 Å².